The number of likely N-dealkylation sites (tertiary alicyclic amines) is 2. The summed E-state index contributed by atoms with van der Waals surface area (Å²) in [7, 11) is 0. The molecule has 4 rings (SSSR count). The van der Waals surface area contributed by atoms with Gasteiger partial charge in [0.15, 0.2) is 0 Å². The zero-order valence-electron chi connectivity index (χ0n) is 27.8. The summed E-state index contributed by atoms with van der Waals surface area (Å²) < 4.78 is 11.4. The first-order chi connectivity index (χ1) is 21.0. The van der Waals surface area contributed by atoms with Crippen LogP contribution in [-0.4, -0.2) is 82.9 Å². The zero-order valence-corrected chi connectivity index (χ0v) is 28.6. The number of thiophene rings is 1. The summed E-state index contributed by atoms with van der Waals surface area (Å²) in [5, 5.41) is 10.2. The molecular formula is C34H49N3O7S. The number of carboxylic acid groups (broad SMARTS) is 1. The highest BCUT2D eigenvalue weighted by Crippen LogP contribution is 2.38. The molecule has 3 aliphatic rings. The summed E-state index contributed by atoms with van der Waals surface area (Å²) >= 11 is 1.08. The molecule has 3 fully saturated rings. The molecule has 0 radical (unpaired) electrons. The van der Waals surface area contributed by atoms with Gasteiger partial charge in [0.1, 0.15) is 16.6 Å². The first-order valence-electron chi connectivity index (χ1n) is 16.2. The molecule has 11 heteroatoms. The molecule has 1 aromatic rings. The van der Waals surface area contributed by atoms with E-state index in [4.69, 9.17) is 9.47 Å². The lowest BCUT2D eigenvalue weighted by Gasteiger charge is -2.35. The van der Waals surface area contributed by atoms with Crippen molar-refractivity contribution in [1.82, 2.24) is 9.80 Å². The van der Waals surface area contributed by atoms with Crippen molar-refractivity contribution in [3.8, 4) is 11.8 Å². The minimum Gasteiger partial charge on any atom is -0.477 e. The molecule has 2 saturated heterocycles. The molecular weight excluding hydrogens is 594 g/mol. The van der Waals surface area contributed by atoms with Gasteiger partial charge in [-0.15, -0.1) is 11.3 Å². The topological polar surface area (TPSA) is 117 Å². The number of amides is 3. The fourth-order valence-corrected chi connectivity index (χ4v) is 6.93. The van der Waals surface area contributed by atoms with Crippen molar-refractivity contribution in [3.63, 3.8) is 0 Å². The number of carbonyl (C=O) groups excluding carboxylic acids is 3. The van der Waals surface area contributed by atoms with Crippen molar-refractivity contribution in [1.29, 1.82) is 0 Å². The molecule has 2 atom stereocenters. The number of nitrogens with zero attached hydrogens (tertiary/aromatic N) is 3. The number of aromatic carboxylic acids is 1. The van der Waals surface area contributed by atoms with Crippen LogP contribution in [0, 0.1) is 29.1 Å². The van der Waals surface area contributed by atoms with E-state index in [-0.39, 0.29) is 35.2 Å². The van der Waals surface area contributed by atoms with Crippen LogP contribution in [0.3, 0.4) is 0 Å². The summed E-state index contributed by atoms with van der Waals surface area (Å²) in [5.41, 5.74) is -0.529. The van der Waals surface area contributed by atoms with E-state index in [9.17, 15) is 24.3 Å². The van der Waals surface area contributed by atoms with Crippen molar-refractivity contribution >= 4 is 41.1 Å². The first-order valence-corrected chi connectivity index (χ1v) is 17.0. The Morgan fingerprint density at radius 2 is 1.60 bits per heavy atom. The number of ether oxygens (including phenoxy) is 2. The summed E-state index contributed by atoms with van der Waals surface area (Å²) in [6, 6.07) is 1.33. The third-order valence-corrected chi connectivity index (χ3v) is 9.44. The van der Waals surface area contributed by atoms with Gasteiger partial charge in [-0.25, -0.2) is 14.4 Å². The monoisotopic (exact) mass is 643 g/mol. The summed E-state index contributed by atoms with van der Waals surface area (Å²) in [6.07, 6.45) is 3.87. The number of hydrogen-bond acceptors (Lipinski definition) is 7. The molecule has 10 nitrogen and oxygen atoms in total. The highest BCUT2D eigenvalue weighted by atomic mass is 32.1. The lowest BCUT2D eigenvalue weighted by atomic mass is 9.82. The van der Waals surface area contributed by atoms with Gasteiger partial charge in [0.2, 0.25) is 5.91 Å². The summed E-state index contributed by atoms with van der Waals surface area (Å²) in [6.45, 7) is 15.0. The highest BCUT2D eigenvalue weighted by Gasteiger charge is 2.41. The molecule has 3 heterocycles. The Bertz CT molecular complexity index is 1320. The fraction of sp³-hybridized carbons (Fsp3) is 0.706. The first kappa shape index (κ1) is 34.6. The van der Waals surface area contributed by atoms with Crippen LogP contribution in [0.1, 0.15) is 108 Å². The van der Waals surface area contributed by atoms with Gasteiger partial charge < -0.3 is 29.3 Å². The largest absolute Gasteiger partial charge is 0.477 e. The molecule has 248 valence electrons. The Morgan fingerprint density at radius 1 is 0.933 bits per heavy atom. The normalized spacial score (nSPS) is 24.0. The van der Waals surface area contributed by atoms with Crippen molar-refractivity contribution < 1.29 is 33.8 Å². The number of hydrogen-bond donors (Lipinski definition) is 1. The van der Waals surface area contributed by atoms with Crippen LogP contribution in [-0.2, 0) is 14.3 Å². The second kappa shape index (κ2) is 14.0. The molecule has 0 unspecified atom stereocenters. The average Bonchev–Trinajstić information content (AvgIpc) is 3.60. The van der Waals surface area contributed by atoms with Crippen LogP contribution in [0.15, 0.2) is 6.07 Å². The molecule has 0 bridgehead atoms. The number of piperidine rings is 1. The summed E-state index contributed by atoms with van der Waals surface area (Å²) in [5.74, 6) is 5.45. The Kier molecular flexibility index (Phi) is 10.8. The smallest absolute Gasteiger partial charge is 0.410 e. The van der Waals surface area contributed by atoms with E-state index in [1.807, 2.05) is 41.5 Å². The van der Waals surface area contributed by atoms with Crippen molar-refractivity contribution in [2.45, 2.75) is 111 Å². The van der Waals surface area contributed by atoms with E-state index in [2.05, 4.69) is 18.8 Å². The Labute approximate surface area is 271 Å². The SMILES string of the molecule is CC1CCC(C(=O)N(c2cc(C#CC(C)(C)C)sc2C(=O)O)[C@H]2CCN(C(=O)O[C@@H]3CCCN(C(=O)OC(C)(C)C)C3)C2)CC1. The third kappa shape index (κ3) is 9.38. The van der Waals surface area contributed by atoms with Crippen LogP contribution >= 0.6 is 11.3 Å². The van der Waals surface area contributed by atoms with E-state index in [0.717, 1.165) is 37.0 Å². The zero-order chi connectivity index (χ0) is 33.1. The lowest BCUT2D eigenvalue weighted by Crippen LogP contribution is -2.48. The van der Waals surface area contributed by atoms with Crippen LogP contribution in [0.4, 0.5) is 15.3 Å². The number of carboxylic acids is 1. The predicted molar refractivity (Wildman–Crippen MR) is 174 cm³/mol. The number of anilines is 1. The van der Waals surface area contributed by atoms with Crippen LogP contribution in [0.5, 0.6) is 0 Å². The molecule has 0 spiro atoms. The lowest BCUT2D eigenvalue weighted by molar-refractivity contribution is -0.124. The predicted octanol–water partition coefficient (Wildman–Crippen LogP) is 6.61. The standard InChI is InChI=1S/C34H49N3O7S/c1-22-10-12-23(13-11-22)29(38)37(27-19-26(14-16-33(2,3)4)45-28(27)30(39)40)24-15-18-36(20-24)31(41)43-25-9-8-17-35(21-25)32(42)44-34(5,6)7/h19,22-25H,8-13,15,17-18,20-21H2,1-7H3,(H,39,40)/t22?,23?,24-,25+/m0/s1. The van der Waals surface area contributed by atoms with E-state index >= 15 is 0 Å². The van der Waals surface area contributed by atoms with Crippen LogP contribution < -0.4 is 4.90 Å². The van der Waals surface area contributed by atoms with Gasteiger partial charge in [-0.2, -0.15) is 0 Å². The quantitative estimate of drug-likeness (QED) is 0.359. The van der Waals surface area contributed by atoms with Gasteiger partial charge >= 0.3 is 18.2 Å². The van der Waals surface area contributed by atoms with Crippen LogP contribution in [0.25, 0.3) is 0 Å². The van der Waals surface area contributed by atoms with Crippen LogP contribution in [0.2, 0.25) is 0 Å². The molecule has 1 N–H and O–H groups in total. The molecule has 1 aliphatic carbocycles. The maximum absolute atomic E-state index is 14.2. The van der Waals surface area contributed by atoms with Gasteiger partial charge in [-0.05, 0) is 98.5 Å². The second-order valence-corrected chi connectivity index (χ2v) is 15.8. The number of carbonyl (C=O) groups is 4. The molecule has 0 aromatic carbocycles. The van der Waals surface area contributed by atoms with Gasteiger partial charge in [0.25, 0.3) is 0 Å². The van der Waals surface area contributed by atoms with Gasteiger partial charge in [0, 0.05) is 31.0 Å². The Morgan fingerprint density at radius 3 is 2.22 bits per heavy atom. The van der Waals surface area contributed by atoms with Crippen molar-refractivity contribution in [2.24, 2.45) is 17.3 Å². The van der Waals surface area contributed by atoms with E-state index < -0.39 is 35.9 Å². The van der Waals surface area contributed by atoms with E-state index in [1.165, 1.54) is 0 Å². The van der Waals surface area contributed by atoms with Crippen molar-refractivity contribution in [2.75, 3.05) is 31.1 Å². The van der Waals surface area contributed by atoms with Crippen molar-refractivity contribution in [3.05, 3.63) is 15.8 Å². The maximum atomic E-state index is 14.2. The molecule has 1 saturated carbocycles. The Hall–Kier alpha value is -3.26. The maximum Gasteiger partial charge on any atom is 0.410 e. The highest BCUT2D eigenvalue weighted by molar-refractivity contribution is 7.15. The number of rotatable bonds is 5. The molecule has 1 aromatic heterocycles. The average molecular weight is 644 g/mol. The summed E-state index contributed by atoms with van der Waals surface area (Å²) in [4.78, 5) is 58.1. The van der Waals surface area contributed by atoms with Gasteiger partial charge in [0.05, 0.1) is 23.2 Å². The van der Waals surface area contributed by atoms with E-state index in [0.29, 0.717) is 48.8 Å². The Balaban J connectivity index is 1.53. The van der Waals surface area contributed by atoms with Gasteiger partial charge in [-0.3, -0.25) is 4.79 Å². The minimum atomic E-state index is -1.10. The second-order valence-electron chi connectivity index (χ2n) is 14.8. The van der Waals surface area contributed by atoms with E-state index in [1.54, 1.807) is 20.8 Å². The van der Waals surface area contributed by atoms with Gasteiger partial charge in [-0.1, -0.05) is 18.8 Å². The fourth-order valence-electron chi connectivity index (χ4n) is 6.09. The molecule has 45 heavy (non-hydrogen) atoms. The minimum absolute atomic E-state index is 0.0798. The molecule has 3 amide bonds. The third-order valence-electron chi connectivity index (χ3n) is 8.41. The molecule has 2 aliphatic heterocycles.